The van der Waals surface area contributed by atoms with Gasteiger partial charge in [-0.25, -0.2) is 0 Å². The molecule has 5 rings (SSSR count). The van der Waals surface area contributed by atoms with E-state index in [1.165, 1.54) is 32.2 Å². The van der Waals surface area contributed by atoms with Crippen molar-refractivity contribution in [3.8, 4) is 17.2 Å². The molecule has 13 heteroatoms. The highest BCUT2D eigenvalue weighted by atomic mass is 35.5. The third-order valence-corrected chi connectivity index (χ3v) is 7.97. The minimum atomic E-state index is -1.85. The number of ketones is 2. The lowest BCUT2D eigenvalue weighted by molar-refractivity contribution is -0.245. The van der Waals surface area contributed by atoms with E-state index in [1.54, 1.807) is 6.92 Å². The molecule has 0 spiro atoms. The van der Waals surface area contributed by atoms with Gasteiger partial charge in [-0.3, -0.25) is 9.59 Å². The summed E-state index contributed by atoms with van der Waals surface area (Å²) in [4.78, 5) is 27.2. The first-order chi connectivity index (χ1) is 18.4. The summed E-state index contributed by atoms with van der Waals surface area (Å²) in [6.45, 7) is 2.99. The van der Waals surface area contributed by atoms with Gasteiger partial charge in [-0.1, -0.05) is 17.3 Å². The fourth-order valence-corrected chi connectivity index (χ4v) is 5.76. The van der Waals surface area contributed by atoms with Crippen molar-refractivity contribution in [3.05, 3.63) is 51.6 Å². The zero-order valence-corrected chi connectivity index (χ0v) is 22.8. The van der Waals surface area contributed by atoms with Gasteiger partial charge >= 0.3 is 0 Å². The number of carbonyl (C=O) groups is 2. The van der Waals surface area contributed by atoms with Crippen LogP contribution in [0.5, 0.6) is 17.2 Å². The second-order valence-corrected chi connectivity index (χ2v) is 10.3. The van der Waals surface area contributed by atoms with Crippen LogP contribution in [0.2, 0.25) is 0 Å². The summed E-state index contributed by atoms with van der Waals surface area (Å²) in [5.74, 6) is -2.51. The molecule has 12 nitrogen and oxygen atoms in total. The van der Waals surface area contributed by atoms with Crippen LogP contribution in [0.1, 0.15) is 75.8 Å². The van der Waals surface area contributed by atoms with Crippen molar-refractivity contribution in [3.63, 3.8) is 0 Å². The van der Waals surface area contributed by atoms with Crippen LogP contribution in [0.4, 0.5) is 0 Å². The quantitative estimate of drug-likeness (QED) is 0.114. The minimum Gasteiger partial charge on any atom is -0.507 e. The van der Waals surface area contributed by atoms with E-state index in [9.17, 15) is 35.2 Å². The first-order valence-corrected chi connectivity index (χ1v) is 12.5. The van der Waals surface area contributed by atoms with Gasteiger partial charge in [0.05, 0.1) is 47.8 Å². The molecule has 0 radical (unpaired) electrons. The maximum absolute atomic E-state index is 13.7. The standard InChI is InChI=1S/C27H30N2O10.ClH/c1-10-22(30)14(28)7-17(38-10)39-16-9-27(35,11(2)29-36)8-13-19(16)26(34)21-20(24(13)32)23(31)12-5-4-6-15(37-3)18(12)25(21)33;/h4-6,10,14,16-17,22,30,32,34-36H,7-9,28H2,1-3H3;1H. The Morgan fingerprint density at radius 3 is 2.45 bits per heavy atom. The summed E-state index contributed by atoms with van der Waals surface area (Å²) < 4.78 is 17.2. The number of hydrogen-bond acceptors (Lipinski definition) is 12. The van der Waals surface area contributed by atoms with E-state index >= 15 is 0 Å². The van der Waals surface area contributed by atoms with Gasteiger partial charge in [0.15, 0.2) is 12.1 Å². The van der Waals surface area contributed by atoms with Crippen LogP contribution in [-0.4, -0.2) is 80.2 Å². The van der Waals surface area contributed by atoms with Crippen molar-refractivity contribution in [2.24, 2.45) is 10.9 Å². The van der Waals surface area contributed by atoms with Crippen LogP contribution in [0.15, 0.2) is 23.4 Å². The predicted molar refractivity (Wildman–Crippen MR) is 142 cm³/mol. The Balaban J connectivity index is 0.00000370. The maximum atomic E-state index is 13.7. The number of methoxy groups -OCH3 is 1. The predicted octanol–water partition coefficient (Wildman–Crippen LogP) is 1.71. The SMILES string of the molecule is COc1cccc2c1C(=O)c1c(O)c3c(c(O)c1C2=O)CC(O)(C(C)=NO)CC3OC1CC(N)C(O)C(C)O1.Cl. The molecule has 40 heavy (non-hydrogen) atoms. The molecule has 1 heterocycles. The number of carbonyl (C=O) groups excluding carboxylic acids is 2. The Hall–Kier alpha value is -3.26. The first-order valence-electron chi connectivity index (χ1n) is 12.5. The van der Waals surface area contributed by atoms with Crippen LogP contribution in [0.25, 0.3) is 0 Å². The molecule has 2 aliphatic carbocycles. The number of rotatable bonds is 4. The molecule has 1 saturated heterocycles. The number of aromatic hydroxyl groups is 2. The second kappa shape index (κ2) is 10.6. The van der Waals surface area contributed by atoms with E-state index in [0.717, 1.165) is 0 Å². The van der Waals surface area contributed by atoms with E-state index < -0.39 is 70.4 Å². The third kappa shape index (κ3) is 4.41. The molecular weight excluding hydrogens is 548 g/mol. The van der Waals surface area contributed by atoms with Crippen LogP contribution >= 0.6 is 12.4 Å². The zero-order chi connectivity index (χ0) is 28.4. The zero-order valence-electron chi connectivity index (χ0n) is 22.0. The van der Waals surface area contributed by atoms with E-state index in [4.69, 9.17) is 19.9 Å². The third-order valence-electron chi connectivity index (χ3n) is 7.97. The molecule has 0 bridgehead atoms. The highest BCUT2D eigenvalue weighted by Gasteiger charge is 2.49. The summed E-state index contributed by atoms with van der Waals surface area (Å²) in [7, 11) is 1.34. The summed E-state index contributed by atoms with van der Waals surface area (Å²) in [5, 5.41) is 57.1. The van der Waals surface area contributed by atoms with Crippen molar-refractivity contribution in [2.45, 2.75) is 69.4 Å². The minimum absolute atomic E-state index is 0. The van der Waals surface area contributed by atoms with Crippen molar-refractivity contribution in [2.75, 3.05) is 7.11 Å². The molecule has 6 unspecified atom stereocenters. The molecule has 2 aromatic rings. The number of nitrogens with two attached hydrogens (primary N) is 1. The second-order valence-electron chi connectivity index (χ2n) is 10.3. The Morgan fingerprint density at radius 2 is 1.82 bits per heavy atom. The number of fused-ring (bicyclic) bond motifs is 3. The van der Waals surface area contributed by atoms with Crippen LogP contribution in [0.3, 0.4) is 0 Å². The number of oxime groups is 1. The smallest absolute Gasteiger partial charge is 0.202 e. The van der Waals surface area contributed by atoms with Gasteiger partial charge in [-0.2, -0.15) is 0 Å². The fraction of sp³-hybridized carbons (Fsp3) is 0.444. The number of phenolic OH excluding ortho intramolecular Hbond substituents is 2. The summed E-state index contributed by atoms with van der Waals surface area (Å²) >= 11 is 0. The Labute approximate surface area is 235 Å². The van der Waals surface area contributed by atoms with Crippen molar-refractivity contribution < 1.29 is 49.4 Å². The van der Waals surface area contributed by atoms with E-state index in [1.807, 2.05) is 0 Å². The van der Waals surface area contributed by atoms with Gasteiger partial charge in [0.2, 0.25) is 5.78 Å². The maximum Gasteiger partial charge on any atom is 0.202 e. The molecule has 1 fully saturated rings. The topological polar surface area (TPSA) is 201 Å². The molecule has 0 aromatic heterocycles. The van der Waals surface area contributed by atoms with Gasteiger partial charge < -0.3 is 45.6 Å². The van der Waals surface area contributed by atoms with Crippen LogP contribution < -0.4 is 10.5 Å². The summed E-state index contributed by atoms with van der Waals surface area (Å²) in [6.07, 6.45) is -4.34. The van der Waals surface area contributed by atoms with Gasteiger partial charge in [0.1, 0.15) is 22.8 Å². The number of phenols is 2. The molecule has 0 saturated carbocycles. The lowest BCUT2D eigenvalue weighted by Gasteiger charge is -2.42. The van der Waals surface area contributed by atoms with E-state index in [0.29, 0.717) is 0 Å². The van der Waals surface area contributed by atoms with Gasteiger partial charge in [-0.05, 0) is 19.9 Å². The first kappa shape index (κ1) is 29.7. The number of nitrogens with zero attached hydrogens (tertiary/aromatic N) is 1. The molecule has 3 aliphatic rings. The average molecular weight is 579 g/mol. The number of benzene rings is 2. The number of ether oxygens (including phenoxy) is 3. The van der Waals surface area contributed by atoms with E-state index in [2.05, 4.69) is 5.16 Å². The molecule has 7 N–H and O–H groups in total. The number of hydrogen-bond donors (Lipinski definition) is 6. The highest BCUT2D eigenvalue weighted by Crippen LogP contribution is 2.52. The molecule has 6 atom stereocenters. The van der Waals surface area contributed by atoms with Gasteiger partial charge in [-0.15, -0.1) is 12.4 Å². The Kier molecular flexibility index (Phi) is 7.89. The van der Waals surface area contributed by atoms with E-state index in [-0.39, 0.29) is 65.4 Å². The number of aliphatic hydroxyl groups is 2. The Bertz CT molecular complexity index is 1400. The highest BCUT2D eigenvalue weighted by molar-refractivity contribution is 6.31. The normalized spacial score (nSPS) is 29.6. The van der Waals surface area contributed by atoms with Crippen molar-refractivity contribution in [1.29, 1.82) is 0 Å². The Morgan fingerprint density at radius 1 is 1.15 bits per heavy atom. The monoisotopic (exact) mass is 578 g/mol. The van der Waals surface area contributed by atoms with Gasteiger partial charge in [0, 0.05) is 42.0 Å². The fourth-order valence-electron chi connectivity index (χ4n) is 5.76. The van der Waals surface area contributed by atoms with Crippen molar-refractivity contribution >= 4 is 29.7 Å². The lowest BCUT2D eigenvalue weighted by atomic mass is 9.72. The van der Waals surface area contributed by atoms with Crippen LogP contribution in [-0.2, 0) is 15.9 Å². The largest absolute Gasteiger partial charge is 0.507 e. The molecule has 0 amide bonds. The molecule has 216 valence electrons. The summed E-state index contributed by atoms with van der Waals surface area (Å²) in [6, 6.07) is 3.77. The molecule has 2 aromatic carbocycles. The van der Waals surface area contributed by atoms with Crippen molar-refractivity contribution in [1.82, 2.24) is 0 Å². The average Bonchev–Trinajstić information content (AvgIpc) is 2.90. The number of aliphatic hydroxyl groups excluding tert-OH is 1. The molecular formula is C27H31ClN2O10. The number of halogens is 1. The lowest BCUT2D eigenvalue weighted by Crippen LogP contribution is -2.52. The van der Waals surface area contributed by atoms with Crippen LogP contribution in [0, 0.1) is 0 Å². The van der Waals surface area contributed by atoms with Gasteiger partial charge in [0.25, 0.3) is 0 Å². The summed E-state index contributed by atoms with van der Waals surface area (Å²) in [5.41, 5.74) is 3.14. The molecule has 1 aliphatic heterocycles.